The number of hydrogen-bond donors (Lipinski definition) is 0. The summed E-state index contributed by atoms with van der Waals surface area (Å²) in [5.74, 6) is -7.87. The number of methoxy groups -OCH3 is 5. The van der Waals surface area contributed by atoms with Gasteiger partial charge >= 0.3 is 23.9 Å². The molecule has 1 rings (SSSR count). The second-order valence-corrected chi connectivity index (χ2v) is 5.35. The molecular formula is C18H22O9. The van der Waals surface area contributed by atoms with Crippen LogP contribution in [0.4, 0.5) is 0 Å². The Morgan fingerprint density at radius 3 is 1.22 bits per heavy atom. The van der Waals surface area contributed by atoms with E-state index in [-0.39, 0.29) is 0 Å². The highest BCUT2D eigenvalue weighted by molar-refractivity contribution is 6.01. The van der Waals surface area contributed by atoms with Crippen molar-refractivity contribution in [2.45, 2.75) is 5.92 Å². The van der Waals surface area contributed by atoms with Crippen LogP contribution in [0.1, 0.15) is 11.5 Å². The molecule has 0 saturated carbocycles. The van der Waals surface area contributed by atoms with E-state index in [1.165, 1.54) is 19.2 Å². The van der Waals surface area contributed by atoms with Crippen molar-refractivity contribution in [2.24, 2.45) is 11.8 Å². The highest BCUT2D eigenvalue weighted by Gasteiger charge is 2.49. The van der Waals surface area contributed by atoms with E-state index in [4.69, 9.17) is 23.7 Å². The monoisotopic (exact) mass is 382 g/mol. The van der Waals surface area contributed by atoms with E-state index in [1.54, 1.807) is 12.1 Å². The summed E-state index contributed by atoms with van der Waals surface area (Å²) in [6.45, 7) is 0. The molecule has 0 aliphatic carbocycles. The SMILES string of the molecule is COC(=O)C(C(=O)OC)C(c1ccc(OC)cc1)C(C(=O)OC)C(=O)OC. The molecule has 0 atom stereocenters. The van der Waals surface area contributed by atoms with Crippen LogP contribution in [0.2, 0.25) is 0 Å². The molecule has 0 saturated heterocycles. The number of carbonyl (C=O) groups is 4. The molecule has 0 unspecified atom stereocenters. The third-order valence-corrected chi connectivity index (χ3v) is 4.04. The summed E-state index contributed by atoms with van der Waals surface area (Å²) in [5.41, 5.74) is 0.317. The van der Waals surface area contributed by atoms with Gasteiger partial charge in [-0.05, 0) is 17.7 Å². The van der Waals surface area contributed by atoms with E-state index in [0.29, 0.717) is 11.3 Å². The van der Waals surface area contributed by atoms with E-state index < -0.39 is 41.6 Å². The minimum absolute atomic E-state index is 0.317. The van der Waals surface area contributed by atoms with Gasteiger partial charge in [0.05, 0.1) is 35.5 Å². The highest BCUT2D eigenvalue weighted by atomic mass is 16.6. The van der Waals surface area contributed by atoms with Gasteiger partial charge in [-0.2, -0.15) is 0 Å². The minimum Gasteiger partial charge on any atom is -0.497 e. The lowest BCUT2D eigenvalue weighted by molar-refractivity contribution is -0.166. The average Bonchev–Trinajstić information content (AvgIpc) is 2.71. The number of esters is 4. The molecule has 0 N–H and O–H groups in total. The van der Waals surface area contributed by atoms with Crippen LogP contribution < -0.4 is 4.74 Å². The fourth-order valence-corrected chi connectivity index (χ4v) is 2.69. The predicted octanol–water partition coefficient (Wildman–Crippen LogP) is 0.703. The van der Waals surface area contributed by atoms with Gasteiger partial charge in [-0.1, -0.05) is 12.1 Å². The van der Waals surface area contributed by atoms with Crippen molar-refractivity contribution < 1.29 is 42.9 Å². The summed E-state index contributed by atoms with van der Waals surface area (Å²) in [6, 6.07) is 6.14. The second kappa shape index (κ2) is 10.1. The largest absolute Gasteiger partial charge is 0.497 e. The van der Waals surface area contributed by atoms with Crippen LogP contribution in [0.3, 0.4) is 0 Å². The Labute approximate surface area is 156 Å². The molecule has 27 heavy (non-hydrogen) atoms. The Bertz CT molecular complexity index is 613. The van der Waals surface area contributed by atoms with Crippen molar-refractivity contribution in [3.8, 4) is 5.75 Å². The first-order valence-corrected chi connectivity index (χ1v) is 7.81. The van der Waals surface area contributed by atoms with Crippen LogP contribution in [0.25, 0.3) is 0 Å². The predicted molar refractivity (Wildman–Crippen MR) is 90.8 cm³/mol. The number of rotatable bonds is 8. The molecule has 0 aliphatic rings. The van der Waals surface area contributed by atoms with Crippen LogP contribution >= 0.6 is 0 Å². The first-order chi connectivity index (χ1) is 12.9. The standard InChI is InChI=1S/C18H22O9/c1-23-11-8-6-10(7-9-11)12(13(15(19)24-2)16(20)25-3)14(17(21)26-4)18(22)27-5/h6-9,12-14H,1-5H3. The minimum atomic E-state index is -1.60. The molecule has 0 aliphatic heterocycles. The van der Waals surface area contributed by atoms with Gasteiger partial charge in [0.1, 0.15) is 5.75 Å². The number of ether oxygens (including phenoxy) is 5. The molecule has 0 radical (unpaired) electrons. The van der Waals surface area contributed by atoms with Gasteiger partial charge in [0.2, 0.25) is 0 Å². The summed E-state index contributed by atoms with van der Waals surface area (Å²) in [5, 5.41) is 0. The van der Waals surface area contributed by atoms with Gasteiger partial charge < -0.3 is 23.7 Å². The maximum absolute atomic E-state index is 12.3. The van der Waals surface area contributed by atoms with Crippen LogP contribution in [-0.4, -0.2) is 59.4 Å². The van der Waals surface area contributed by atoms with Gasteiger partial charge in [-0.15, -0.1) is 0 Å². The lowest BCUT2D eigenvalue weighted by atomic mass is 9.76. The molecular weight excluding hydrogens is 360 g/mol. The average molecular weight is 382 g/mol. The number of carbonyl (C=O) groups excluding carboxylic acids is 4. The van der Waals surface area contributed by atoms with Crippen molar-refractivity contribution in [3.63, 3.8) is 0 Å². The molecule has 0 heterocycles. The molecule has 9 nitrogen and oxygen atoms in total. The number of hydrogen-bond acceptors (Lipinski definition) is 9. The van der Waals surface area contributed by atoms with Gasteiger partial charge in [0.25, 0.3) is 0 Å². The lowest BCUT2D eigenvalue weighted by Gasteiger charge is -2.28. The Morgan fingerprint density at radius 2 is 0.963 bits per heavy atom. The first kappa shape index (κ1) is 21.9. The highest BCUT2D eigenvalue weighted by Crippen LogP contribution is 2.36. The lowest BCUT2D eigenvalue weighted by Crippen LogP contribution is -2.42. The van der Waals surface area contributed by atoms with Crippen molar-refractivity contribution in [2.75, 3.05) is 35.5 Å². The second-order valence-electron chi connectivity index (χ2n) is 5.35. The topological polar surface area (TPSA) is 114 Å². The maximum atomic E-state index is 12.3. The molecule has 0 aromatic heterocycles. The Hall–Kier alpha value is -3.10. The molecule has 0 fully saturated rings. The summed E-state index contributed by atoms with van der Waals surface area (Å²) in [4.78, 5) is 49.3. The Kier molecular flexibility index (Phi) is 8.25. The van der Waals surface area contributed by atoms with Crippen LogP contribution in [-0.2, 0) is 38.1 Å². The van der Waals surface area contributed by atoms with E-state index in [1.807, 2.05) is 0 Å². The number of benzene rings is 1. The van der Waals surface area contributed by atoms with E-state index >= 15 is 0 Å². The normalized spacial score (nSPS) is 10.5. The van der Waals surface area contributed by atoms with Gasteiger partial charge in [-0.25, -0.2) is 0 Å². The van der Waals surface area contributed by atoms with Crippen LogP contribution in [0.15, 0.2) is 24.3 Å². The van der Waals surface area contributed by atoms with E-state index in [0.717, 1.165) is 28.4 Å². The van der Waals surface area contributed by atoms with Crippen LogP contribution in [0, 0.1) is 11.8 Å². The zero-order valence-corrected chi connectivity index (χ0v) is 15.7. The summed E-state index contributed by atoms with van der Waals surface area (Å²) >= 11 is 0. The van der Waals surface area contributed by atoms with Gasteiger partial charge in [0, 0.05) is 5.92 Å². The van der Waals surface area contributed by atoms with E-state index in [9.17, 15) is 19.2 Å². The fourth-order valence-electron chi connectivity index (χ4n) is 2.69. The zero-order chi connectivity index (χ0) is 20.6. The molecule has 0 amide bonds. The Balaban J connectivity index is 3.65. The molecule has 1 aromatic carbocycles. The zero-order valence-electron chi connectivity index (χ0n) is 15.7. The summed E-state index contributed by atoms with van der Waals surface area (Å²) in [7, 11) is 5.77. The Morgan fingerprint density at radius 1 is 0.630 bits per heavy atom. The quantitative estimate of drug-likeness (QED) is 0.364. The summed E-state index contributed by atoms with van der Waals surface area (Å²) in [6.07, 6.45) is 0. The molecule has 0 spiro atoms. The summed E-state index contributed by atoms with van der Waals surface area (Å²) < 4.78 is 23.8. The smallest absolute Gasteiger partial charge is 0.320 e. The van der Waals surface area contributed by atoms with Crippen molar-refractivity contribution in [1.29, 1.82) is 0 Å². The van der Waals surface area contributed by atoms with Gasteiger partial charge in [-0.3, -0.25) is 19.2 Å². The van der Waals surface area contributed by atoms with Crippen molar-refractivity contribution in [1.82, 2.24) is 0 Å². The first-order valence-electron chi connectivity index (χ1n) is 7.81. The molecule has 0 bridgehead atoms. The molecule has 9 heteroatoms. The van der Waals surface area contributed by atoms with Crippen molar-refractivity contribution >= 4 is 23.9 Å². The third kappa shape index (κ3) is 4.96. The third-order valence-electron chi connectivity index (χ3n) is 4.04. The van der Waals surface area contributed by atoms with Crippen LogP contribution in [0.5, 0.6) is 5.75 Å². The maximum Gasteiger partial charge on any atom is 0.320 e. The van der Waals surface area contributed by atoms with Crippen molar-refractivity contribution in [3.05, 3.63) is 29.8 Å². The fraction of sp³-hybridized carbons (Fsp3) is 0.444. The molecule has 1 aromatic rings. The van der Waals surface area contributed by atoms with E-state index in [2.05, 4.69) is 0 Å². The molecule has 148 valence electrons. The van der Waals surface area contributed by atoms with Gasteiger partial charge in [0.15, 0.2) is 11.8 Å².